The van der Waals surface area contributed by atoms with Crippen LogP contribution < -0.4 is 10.6 Å². The average molecular weight is 278 g/mol. The molecule has 20 heavy (non-hydrogen) atoms. The molecule has 1 rings (SSSR count). The van der Waals surface area contributed by atoms with E-state index in [-0.39, 0.29) is 17.9 Å². The van der Waals surface area contributed by atoms with E-state index in [0.29, 0.717) is 18.7 Å². The highest BCUT2D eigenvalue weighted by molar-refractivity contribution is 5.95. The van der Waals surface area contributed by atoms with Gasteiger partial charge >= 0.3 is 0 Å². The maximum absolute atomic E-state index is 11.9. The third-order valence-electron chi connectivity index (χ3n) is 3.61. The summed E-state index contributed by atoms with van der Waals surface area (Å²) in [6.07, 6.45) is 1.82. The minimum atomic E-state index is -0.138. The number of benzene rings is 1. The van der Waals surface area contributed by atoms with E-state index in [1.165, 1.54) is 0 Å². The highest BCUT2D eigenvalue weighted by Gasteiger charge is 2.20. The smallest absolute Gasteiger partial charge is 0.251 e. The second kappa shape index (κ2) is 7.90. The van der Waals surface area contributed by atoms with E-state index in [1.54, 1.807) is 6.07 Å². The fraction of sp³-hybridized carbons (Fsp3) is 0.562. The zero-order valence-electron chi connectivity index (χ0n) is 12.7. The van der Waals surface area contributed by atoms with Gasteiger partial charge in [-0.15, -0.1) is 0 Å². The molecule has 0 saturated carbocycles. The Morgan fingerprint density at radius 2 is 2.10 bits per heavy atom. The molecule has 112 valence electrons. The minimum absolute atomic E-state index is 0.0455. The molecule has 1 amide bonds. The van der Waals surface area contributed by atoms with Crippen molar-refractivity contribution in [2.75, 3.05) is 25.0 Å². The lowest BCUT2D eigenvalue weighted by Crippen LogP contribution is -2.29. The maximum Gasteiger partial charge on any atom is 0.251 e. The van der Waals surface area contributed by atoms with Crippen LogP contribution in [0.3, 0.4) is 0 Å². The Labute approximate surface area is 121 Å². The van der Waals surface area contributed by atoms with E-state index in [9.17, 15) is 9.90 Å². The van der Waals surface area contributed by atoms with Gasteiger partial charge in [0.1, 0.15) is 0 Å². The number of anilines is 1. The molecule has 1 aromatic rings. The number of carbonyl (C=O) groups is 1. The number of amides is 1. The van der Waals surface area contributed by atoms with Crippen molar-refractivity contribution in [2.45, 2.75) is 33.6 Å². The molecule has 4 nitrogen and oxygen atoms in total. The van der Waals surface area contributed by atoms with Crippen molar-refractivity contribution in [3.8, 4) is 0 Å². The zero-order valence-corrected chi connectivity index (χ0v) is 12.7. The fourth-order valence-corrected chi connectivity index (χ4v) is 1.72. The fourth-order valence-electron chi connectivity index (χ4n) is 1.72. The average Bonchev–Trinajstić information content (AvgIpc) is 2.50. The molecule has 4 heteroatoms. The molecule has 0 aliphatic heterocycles. The topological polar surface area (TPSA) is 61.4 Å². The van der Waals surface area contributed by atoms with Gasteiger partial charge in [0, 0.05) is 29.8 Å². The van der Waals surface area contributed by atoms with E-state index in [0.717, 1.165) is 18.5 Å². The first-order chi connectivity index (χ1) is 9.54. The number of rotatable bonds is 8. The summed E-state index contributed by atoms with van der Waals surface area (Å²) in [5.41, 5.74) is 1.42. The molecule has 1 aromatic carbocycles. The van der Waals surface area contributed by atoms with Gasteiger partial charge in [-0.3, -0.25) is 4.79 Å². The molecule has 0 aromatic heterocycles. The highest BCUT2D eigenvalue weighted by Crippen LogP contribution is 2.21. The van der Waals surface area contributed by atoms with Gasteiger partial charge in [-0.2, -0.15) is 0 Å². The summed E-state index contributed by atoms with van der Waals surface area (Å²) in [6.45, 7) is 7.64. The van der Waals surface area contributed by atoms with Gasteiger partial charge in [0.2, 0.25) is 0 Å². The Hall–Kier alpha value is -1.55. The van der Waals surface area contributed by atoms with Gasteiger partial charge in [-0.1, -0.05) is 26.8 Å². The summed E-state index contributed by atoms with van der Waals surface area (Å²) in [5.74, 6) is -0.0455. The SMILES string of the molecule is CCCNC(=O)c1cccc(NCC(C)(CC)CO)c1. The number of hydrogen-bond donors (Lipinski definition) is 3. The third kappa shape index (κ3) is 4.85. The molecule has 3 N–H and O–H groups in total. The van der Waals surface area contributed by atoms with Crippen LogP contribution in [0.15, 0.2) is 24.3 Å². The van der Waals surface area contributed by atoms with Gasteiger partial charge in [-0.25, -0.2) is 0 Å². The lowest BCUT2D eigenvalue weighted by molar-refractivity contribution is 0.0953. The van der Waals surface area contributed by atoms with Crippen molar-refractivity contribution in [3.05, 3.63) is 29.8 Å². The first-order valence-corrected chi connectivity index (χ1v) is 7.27. The molecule has 1 atom stereocenters. The van der Waals surface area contributed by atoms with Crippen molar-refractivity contribution >= 4 is 11.6 Å². The normalized spacial score (nSPS) is 13.6. The van der Waals surface area contributed by atoms with Crippen LogP contribution in [0.1, 0.15) is 44.0 Å². The molecule has 0 aliphatic rings. The van der Waals surface area contributed by atoms with E-state index < -0.39 is 0 Å². The van der Waals surface area contributed by atoms with E-state index >= 15 is 0 Å². The van der Waals surface area contributed by atoms with Crippen LogP contribution in [0.2, 0.25) is 0 Å². The molecule has 0 aliphatic carbocycles. The van der Waals surface area contributed by atoms with E-state index in [2.05, 4.69) is 17.6 Å². The Kier molecular flexibility index (Phi) is 6.52. The molecule has 0 bridgehead atoms. The molecule has 0 fully saturated rings. The van der Waals surface area contributed by atoms with Crippen LogP contribution in [-0.4, -0.2) is 30.7 Å². The van der Waals surface area contributed by atoms with Crippen molar-refractivity contribution in [3.63, 3.8) is 0 Å². The number of hydrogen-bond acceptors (Lipinski definition) is 3. The van der Waals surface area contributed by atoms with Crippen molar-refractivity contribution < 1.29 is 9.90 Å². The molecule has 1 unspecified atom stereocenters. The van der Waals surface area contributed by atoms with Gasteiger partial charge in [0.15, 0.2) is 0 Å². The molecule has 0 spiro atoms. The third-order valence-corrected chi connectivity index (χ3v) is 3.61. The summed E-state index contributed by atoms with van der Waals surface area (Å²) in [7, 11) is 0. The second-order valence-corrected chi connectivity index (χ2v) is 5.51. The molecule has 0 radical (unpaired) electrons. The lowest BCUT2D eigenvalue weighted by Gasteiger charge is -2.26. The van der Waals surface area contributed by atoms with Crippen molar-refractivity contribution in [1.82, 2.24) is 5.32 Å². The monoisotopic (exact) mass is 278 g/mol. The maximum atomic E-state index is 11.9. The number of aliphatic hydroxyl groups excluding tert-OH is 1. The quantitative estimate of drug-likeness (QED) is 0.685. The highest BCUT2D eigenvalue weighted by atomic mass is 16.3. The van der Waals surface area contributed by atoms with Crippen LogP contribution in [0.5, 0.6) is 0 Å². The van der Waals surface area contributed by atoms with Gasteiger partial charge in [-0.05, 0) is 31.0 Å². The minimum Gasteiger partial charge on any atom is -0.396 e. The van der Waals surface area contributed by atoms with Crippen LogP contribution in [-0.2, 0) is 0 Å². The lowest BCUT2D eigenvalue weighted by atomic mass is 9.88. The van der Waals surface area contributed by atoms with Gasteiger partial charge < -0.3 is 15.7 Å². The summed E-state index contributed by atoms with van der Waals surface area (Å²) in [6, 6.07) is 7.45. The summed E-state index contributed by atoms with van der Waals surface area (Å²) in [4.78, 5) is 11.9. The Morgan fingerprint density at radius 3 is 2.70 bits per heavy atom. The van der Waals surface area contributed by atoms with E-state index in [1.807, 2.05) is 32.0 Å². The summed E-state index contributed by atoms with van der Waals surface area (Å²) < 4.78 is 0. The molecule has 0 heterocycles. The molecular formula is C16H26N2O2. The van der Waals surface area contributed by atoms with Crippen molar-refractivity contribution in [1.29, 1.82) is 0 Å². The predicted molar refractivity (Wildman–Crippen MR) is 83.0 cm³/mol. The first-order valence-electron chi connectivity index (χ1n) is 7.27. The van der Waals surface area contributed by atoms with Crippen LogP contribution in [0.4, 0.5) is 5.69 Å². The molecule has 0 saturated heterocycles. The Morgan fingerprint density at radius 1 is 1.35 bits per heavy atom. The summed E-state index contributed by atoms with van der Waals surface area (Å²) >= 11 is 0. The largest absolute Gasteiger partial charge is 0.396 e. The van der Waals surface area contributed by atoms with Crippen LogP contribution in [0.25, 0.3) is 0 Å². The van der Waals surface area contributed by atoms with Crippen molar-refractivity contribution in [2.24, 2.45) is 5.41 Å². The second-order valence-electron chi connectivity index (χ2n) is 5.51. The van der Waals surface area contributed by atoms with Gasteiger partial charge in [0.05, 0.1) is 6.61 Å². The van der Waals surface area contributed by atoms with Gasteiger partial charge in [0.25, 0.3) is 5.91 Å². The Bertz CT molecular complexity index is 428. The number of aliphatic hydroxyl groups is 1. The number of carbonyl (C=O) groups excluding carboxylic acids is 1. The molecular weight excluding hydrogens is 252 g/mol. The first kappa shape index (κ1) is 16.5. The van der Waals surface area contributed by atoms with Crippen LogP contribution >= 0.6 is 0 Å². The predicted octanol–water partition coefficient (Wildman–Crippen LogP) is 2.65. The van der Waals surface area contributed by atoms with E-state index in [4.69, 9.17) is 0 Å². The van der Waals surface area contributed by atoms with Crippen LogP contribution in [0, 0.1) is 5.41 Å². The Balaban J connectivity index is 2.66. The number of nitrogens with one attached hydrogen (secondary N) is 2. The summed E-state index contributed by atoms with van der Waals surface area (Å²) in [5, 5.41) is 15.6. The standard InChI is InChI=1S/C16H26N2O2/c1-4-9-17-15(20)13-7-6-8-14(10-13)18-11-16(3,5-2)12-19/h6-8,10,18-19H,4-5,9,11-12H2,1-3H3,(H,17,20). The zero-order chi connectivity index (χ0) is 15.0.